The van der Waals surface area contributed by atoms with Crippen LogP contribution in [-0.4, -0.2) is 17.1 Å². The lowest BCUT2D eigenvalue weighted by Gasteiger charge is -2.06. The minimum Gasteiger partial charge on any atom is -0.494 e. The SMILES string of the molecule is CCCCOc1cccc(C(=O)N=c2sc3cccc(Cl)c3n2CC)c1. The molecule has 0 radical (unpaired) electrons. The minimum atomic E-state index is -0.282. The van der Waals surface area contributed by atoms with E-state index >= 15 is 0 Å². The average molecular weight is 389 g/mol. The van der Waals surface area contributed by atoms with Crippen LogP contribution in [-0.2, 0) is 6.54 Å². The first-order chi connectivity index (χ1) is 12.6. The summed E-state index contributed by atoms with van der Waals surface area (Å²) in [7, 11) is 0. The van der Waals surface area contributed by atoms with Crippen molar-refractivity contribution in [2.75, 3.05) is 6.61 Å². The van der Waals surface area contributed by atoms with Crippen LogP contribution in [0.4, 0.5) is 0 Å². The number of nitrogens with zero attached hydrogens (tertiary/aromatic N) is 2. The normalized spacial score (nSPS) is 11.9. The van der Waals surface area contributed by atoms with Crippen LogP contribution in [0.1, 0.15) is 37.0 Å². The molecular weight excluding hydrogens is 368 g/mol. The molecule has 0 saturated carbocycles. The number of para-hydroxylation sites is 1. The number of thiazole rings is 1. The fraction of sp³-hybridized carbons (Fsp3) is 0.300. The molecule has 3 aromatic rings. The van der Waals surface area contributed by atoms with Crippen LogP contribution in [0.5, 0.6) is 5.75 Å². The molecule has 0 N–H and O–H groups in total. The maximum absolute atomic E-state index is 12.7. The molecule has 6 heteroatoms. The van der Waals surface area contributed by atoms with E-state index in [-0.39, 0.29) is 5.91 Å². The Kier molecular flexibility index (Phi) is 6.12. The lowest BCUT2D eigenvalue weighted by atomic mass is 10.2. The summed E-state index contributed by atoms with van der Waals surface area (Å²) < 4.78 is 8.67. The summed E-state index contributed by atoms with van der Waals surface area (Å²) in [5, 5.41) is 0.667. The van der Waals surface area contributed by atoms with Crippen molar-refractivity contribution in [2.24, 2.45) is 4.99 Å². The Balaban J connectivity index is 1.95. The predicted molar refractivity (Wildman–Crippen MR) is 107 cm³/mol. The van der Waals surface area contributed by atoms with Gasteiger partial charge in [0.15, 0.2) is 4.80 Å². The molecule has 0 aliphatic rings. The van der Waals surface area contributed by atoms with Gasteiger partial charge in [-0.25, -0.2) is 0 Å². The molecule has 136 valence electrons. The molecule has 0 aliphatic heterocycles. The monoisotopic (exact) mass is 388 g/mol. The van der Waals surface area contributed by atoms with Gasteiger partial charge in [0.2, 0.25) is 0 Å². The van der Waals surface area contributed by atoms with Gasteiger partial charge in [-0.05, 0) is 43.7 Å². The van der Waals surface area contributed by atoms with Crippen LogP contribution in [0.2, 0.25) is 5.02 Å². The van der Waals surface area contributed by atoms with E-state index in [9.17, 15) is 4.79 Å². The number of unbranched alkanes of at least 4 members (excludes halogenated alkanes) is 1. The zero-order valence-corrected chi connectivity index (χ0v) is 16.4. The summed E-state index contributed by atoms with van der Waals surface area (Å²) in [4.78, 5) is 17.7. The van der Waals surface area contributed by atoms with Gasteiger partial charge in [-0.15, -0.1) is 0 Å². The van der Waals surface area contributed by atoms with Crippen molar-refractivity contribution in [1.29, 1.82) is 0 Å². The molecular formula is C20H21ClN2O2S. The Morgan fingerprint density at radius 2 is 2.04 bits per heavy atom. The summed E-state index contributed by atoms with van der Waals surface area (Å²) in [6.07, 6.45) is 2.06. The van der Waals surface area contributed by atoms with Crippen molar-refractivity contribution in [3.8, 4) is 5.75 Å². The highest BCUT2D eigenvalue weighted by Crippen LogP contribution is 2.25. The molecule has 0 fully saturated rings. The molecule has 0 saturated heterocycles. The number of halogens is 1. The van der Waals surface area contributed by atoms with Gasteiger partial charge in [-0.2, -0.15) is 4.99 Å². The second-order valence-corrected chi connectivity index (χ2v) is 7.28. The van der Waals surface area contributed by atoms with E-state index in [1.807, 2.05) is 41.8 Å². The largest absolute Gasteiger partial charge is 0.494 e. The molecule has 1 heterocycles. The van der Waals surface area contributed by atoms with E-state index in [4.69, 9.17) is 16.3 Å². The molecule has 0 spiro atoms. The molecule has 26 heavy (non-hydrogen) atoms. The summed E-state index contributed by atoms with van der Waals surface area (Å²) in [5.74, 6) is 0.415. The molecule has 0 atom stereocenters. The Morgan fingerprint density at radius 1 is 1.23 bits per heavy atom. The fourth-order valence-electron chi connectivity index (χ4n) is 2.67. The number of hydrogen-bond acceptors (Lipinski definition) is 3. The Hall–Kier alpha value is -2.11. The zero-order valence-electron chi connectivity index (χ0n) is 14.9. The van der Waals surface area contributed by atoms with Crippen molar-refractivity contribution in [3.63, 3.8) is 0 Å². The van der Waals surface area contributed by atoms with Crippen molar-refractivity contribution in [1.82, 2.24) is 4.57 Å². The number of aryl methyl sites for hydroxylation is 1. The van der Waals surface area contributed by atoms with E-state index in [0.29, 0.717) is 34.3 Å². The Labute approximate surface area is 161 Å². The van der Waals surface area contributed by atoms with Gasteiger partial charge >= 0.3 is 0 Å². The van der Waals surface area contributed by atoms with Crippen molar-refractivity contribution in [2.45, 2.75) is 33.2 Å². The van der Waals surface area contributed by atoms with Gasteiger partial charge in [-0.3, -0.25) is 4.79 Å². The van der Waals surface area contributed by atoms with Gasteiger partial charge in [0.05, 0.1) is 21.8 Å². The van der Waals surface area contributed by atoms with Crippen molar-refractivity contribution < 1.29 is 9.53 Å². The lowest BCUT2D eigenvalue weighted by Crippen LogP contribution is -2.16. The first-order valence-corrected chi connectivity index (χ1v) is 9.93. The van der Waals surface area contributed by atoms with Gasteiger partial charge < -0.3 is 9.30 Å². The van der Waals surface area contributed by atoms with Crippen LogP contribution >= 0.6 is 22.9 Å². The Morgan fingerprint density at radius 3 is 2.81 bits per heavy atom. The third-order valence-corrected chi connectivity index (χ3v) is 5.36. The fourth-order valence-corrected chi connectivity index (χ4v) is 4.12. The van der Waals surface area contributed by atoms with Crippen molar-refractivity contribution >= 4 is 39.1 Å². The van der Waals surface area contributed by atoms with Gasteiger partial charge in [0, 0.05) is 12.1 Å². The topological polar surface area (TPSA) is 43.6 Å². The van der Waals surface area contributed by atoms with Gasteiger partial charge in [0.1, 0.15) is 5.75 Å². The standard InChI is InChI=1S/C20H21ClN2O2S/c1-3-5-12-25-15-9-6-8-14(13-15)19(24)22-20-23(4-2)18-16(21)10-7-11-17(18)26-20/h6-11,13H,3-5,12H2,1-2H3. The third-order valence-electron chi connectivity index (χ3n) is 4.01. The van der Waals surface area contributed by atoms with E-state index in [1.165, 1.54) is 11.3 Å². The number of hydrogen-bond donors (Lipinski definition) is 0. The number of aromatic nitrogens is 1. The summed E-state index contributed by atoms with van der Waals surface area (Å²) >= 11 is 7.80. The van der Waals surface area contributed by atoms with E-state index in [2.05, 4.69) is 11.9 Å². The van der Waals surface area contributed by atoms with E-state index in [1.54, 1.807) is 12.1 Å². The first-order valence-electron chi connectivity index (χ1n) is 8.73. The van der Waals surface area contributed by atoms with Crippen LogP contribution in [0.3, 0.4) is 0 Å². The minimum absolute atomic E-state index is 0.282. The van der Waals surface area contributed by atoms with Crippen LogP contribution in [0, 0.1) is 0 Å². The number of fused-ring (bicyclic) bond motifs is 1. The second kappa shape index (κ2) is 8.52. The summed E-state index contributed by atoms with van der Waals surface area (Å²) in [5.41, 5.74) is 1.44. The molecule has 0 bridgehead atoms. The maximum atomic E-state index is 12.7. The lowest BCUT2D eigenvalue weighted by molar-refractivity contribution is 0.0997. The van der Waals surface area contributed by atoms with Crippen molar-refractivity contribution in [3.05, 3.63) is 57.9 Å². The number of carbonyl (C=O) groups is 1. The molecule has 1 aromatic heterocycles. The van der Waals surface area contributed by atoms with Crippen LogP contribution in [0.15, 0.2) is 47.5 Å². The smallest absolute Gasteiger partial charge is 0.279 e. The highest BCUT2D eigenvalue weighted by molar-refractivity contribution is 7.16. The van der Waals surface area contributed by atoms with Crippen LogP contribution in [0.25, 0.3) is 10.2 Å². The van der Waals surface area contributed by atoms with Gasteiger partial charge in [0.25, 0.3) is 5.91 Å². The predicted octanol–water partition coefficient (Wildman–Crippen LogP) is 5.30. The summed E-state index contributed by atoms with van der Waals surface area (Å²) in [6, 6.07) is 12.9. The molecule has 0 unspecified atom stereocenters. The first kappa shape index (κ1) is 18.7. The number of ether oxygens (including phenoxy) is 1. The highest BCUT2D eigenvalue weighted by Gasteiger charge is 2.11. The maximum Gasteiger partial charge on any atom is 0.279 e. The molecule has 0 aliphatic carbocycles. The molecule has 2 aromatic carbocycles. The van der Waals surface area contributed by atoms with E-state index in [0.717, 1.165) is 23.1 Å². The Bertz CT molecular complexity index is 991. The van der Waals surface area contributed by atoms with Gasteiger partial charge in [-0.1, -0.05) is 48.4 Å². The molecule has 1 amide bonds. The number of rotatable bonds is 6. The van der Waals surface area contributed by atoms with Crippen LogP contribution < -0.4 is 9.54 Å². The quantitative estimate of drug-likeness (QED) is 0.538. The molecule has 4 nitrogen and oxygen atoms in total. The zero-order chi connectivity index (χ0) is 18.5. The third kappa shape index (κ3) is 4.00. The number of benzene rings is 2. The average Bonchev–Trinajstić information content (AvgIpc) is 3.00. The van der Waals surface area contributed by atoms with E-state index < -0.39 is 0 Å². The molecule has 3 rings (SSSR count). The number of carbonyl (C=O) groups excluding carboxylic acids is 1. The summed E-state index contributed by atoms with van der Waals surface area (Å²) in [6.45, 7) is 5.47. The number of amides is 1. The highest BCUT2D eigenvalue weighted by atomic mass is 35.5. The second-order valence-electron chi connectivity index (χ2n) is 5.86.